The summed E-state index contributed by atoms with van der Waals surface area (Å²) in [5.74, 6) is -1.11. The van der Waals surface area contributed by atoms with Crippen molar-refractivity contribution in [2.45, 2.75) is 18.9 Å². The first-order chi connectivity index (χ1) is 7.58. The summed E-state index contributed by atoms with van der Waals surface area (Å²) in [4.78, 5) is 1.87. The molecule has 2 N–H and O–H groups in total. The number of benzene rings is 1. The van der Waals surface area contributed by atoms with Crippen LogP contribution >= 0.6 is 15.9 Å². The third-order valence-corrected chi connectivity index (χ3v) is 3.40. The average molecular weight is 291 g/mol. The van der Waals surface area contributed by atoms with Crippen LogP contribution in [0.2, 0.25) is 0 Å². The van der Waals surface area contributed by atoms with Crippen LogP contribution in [0.5, 0.6) is 0 Å². The van der Waals surface area contributed by atoms with Gasteiger partial charge in [0, 0.05) is 25.2 Å². The highest BCUT2D eigenvalue weighted by Gasteiger charge is 2.20. The first kappa shape index (κ1) is 11.8. The van der Waals surface area contributed by atoms with Gasteiger partial charge in [0.05, 0.1) is 10.2 Å². The first-order valence-corrected chi connectivity index (χ1v) is 6.02. The molecule has 0 amide bonds. The lowest BCUT2D eigenvalue weighted by molar-refractivity contribution is 0.495. The maximum atomic E-state index is 13.6. The van der Waals surface area contributed by atoms with Gasteiger partial charge >= 0.3 is 0 Å². The van der Waals surface area contributed by atoms with Crippen LogP contribution in [-0.2, 0) is 0 Å². The van der Waals surface area contributed by atoms with Crippen LogP contribution < -0.4 is 10.6 Å². The minimum Gasteiger partial charge on any atom is -0.368 e. The van der Waals surface area contributed by atoms with Gasteiger partial charge < -0.3 is 10.6 Å². The number of rotatable bonds is 1. The Bertz CT molecular complexity index is 398. The number of halogens is 3. The Kier molecular flexibility index (Phi) is 3.44. The van der Waals surface area contributed by atoms with Crippen molar-refractivity contribution < 1.29 is 8.78 Å². The summed E-state index contributed by atoms with van der Waals surface area (Å²) in [6.07, 6.45) is 1.90. The van der Waals surface area contributed by atoms with E-state index in [1.807, 2.05) is 4.90 Å². The van der Waals surface area contributed by atoms with Crippen molar-refractivity contribution in [1.29, 1.82) is 0 Å². The van der Waals surface area contributed by atoms with Crippen LogP contribution in [0.15, 0.2) is 16.6 Å². The maximum Gasteiger partial charge on any atom is 0.149 e. The van der Waals surface area contributed by atoms with Crippen molar-refractivity contribution in [3.05, 3.63) is 28.2 Å². The molecule has 2 nitrogen and oxygen atoms in total. The molecule has 0 aliphatic carbocycles. The summed E-state index contributed by atoms with van der Waals surface area (Å²) >= 11 is 3.06. The Hall–Kier alpha value is -0.680. The topological polar surface area (TPSA) is 29.3 Å². The molecule has 0 saturated carbocycles. The molecule has 1 atom stereocenters. The van der Waals surface area contributed by atoms with Gasteiger partial charge in [-0.25, -0.2) is 8.78 Å². The molecule has 1 aliphatic heterocycles. The molecule has 1 aromatic rings. The summed E-state index contributed by atoms with van der Waals surface area (Å²) in [5.41, 5.74) is 6.25. The smallest absolute Gasteiger partial charge is 0.149 e. The zero-order valence-corrected chi connectivity index (χ0v) is 10.3. The summed E-state index contributed by atoms with van der Waals surface area (Å²) in [6.45, 7) is 1.39. The van der Waals surface area contributed by atoms with Gasteiger partial charge in [-0.05, 0) is 34.8 Å². The largest absolute Gasteiger partial charge is 0.368 e. The SMILES string of the molecule is NC1CCCN(c2cc(Br)c(F)cc2F)C1. The zero-order chi connectivity index (χ0) is 11.7. The van der Waals surface area contributed by atoms with E-state index in [-0.39, 0.29) is 10.5 Å². The van der Waals surface area contributed by atoms with Crippen LogP contribution in [0.3, 0.4) is 0 Å². The first-order valence-electron chi connectivity index (χ1n) is 5.23. The second kappa shape index (κ2) is 4.67. The molecule has 16 heavy (non-hydrogen) atoms. The van der Waals surface area contributed by atoms with Crippen molar-refractivity contribution in [1.82, 2.24) is 0 Å². The zero-order valence-electron chi connectivity index (χ0n) is 8.72. The molecule has 1 fully saturated rings. The van der Waals surface area contributed by atoms with Crippen molar-refractivity contribution in [2.24, 2.45) is 5.73 Å². The molecule has 0 spiro atoms. The summed E-state index contributed by atoms with van der Waals surface area (Å²) in [7, 11) is 0. The van der Waals surface area contributed by atoms with Gasteiger partial charge in [-0.15, -0.1) is 0 Å². The second-order valence-corrected chi connectivity index (χ2v) is 4.92. The lowest BCUT2D eigenvalue weighted by atomic mass is 10.1. The van der Waals surface area contributed by atoms with Gasteiger partial charge in [0.1, 0.15) is 11.6 Å². The third kappa shape index (κ3) is 2.35. The van der Waals surface area contributed by atoms with Crippen molar-refractivity contribution >= 4 is 21.6 Å². The lowest BCUT2D eigenvalue weighted by Gasteiger charge is -2.32. The monoisotopic (exact) mass is 290 g/mol. The molecule has 2 rings (SSSR count). The molecular formula is C11H13BrF2N2. The van der Waals surface area contributed by atoms with Crippen LogP contribution in [0.4, 0.5) is 14.5 Å². The molecule has 88 valence electrons. The van der Waals surface area contributed by atoms with Crippen molar-refractivity contribution in [3.8, 4) is 0 Å². The predicted octanol–water partition coefficient (Wildman–Crippen LogP) is 2.65. The van der Waals surface area contributed by atoms with Crippen LogP contribution in [-0.4, -0.2) is 19.1 Å². The molecule has 0 radical (unpaired) electrons. The Morgan fingerprint density at radius 1 is 1.31 bits per heavy atom. The molecule has 1 aliphatic rings. The van der Waals surface area contributed by atoms with E-state index in [9.17, 15) is 8.78 Å². The van der Waals surface area contributed by atoms with Gasteiger partial charge in [0.2, 0.25) is 0 Å². The van der Waals surface area contributed by atoms with Gasteiger partial charge in [-0.1, -0.05) is 0 Å². The molecule has 1 aromatic carbocycles. The molecule has 1 saturated heterocycles. The maximum absolute atomic E-state index is 13.6. The molecule has 1 unspecified atom stereocenters. The highest BCUT2D eigenvalue weighted by molar-refractivity contribution is 9.10. The highest BCUT2D eigenvalue weighted by Crippen LogP contribution is 2.28. The number of hydrogen-bond acceptors (Lipinski definition) is 2. The van der Waals surface area contributed by atoms with Gasteiger partial charge in [-0.3, -0.25) is 0 Å². The van der Waals surface area contributed by atoms with Gasteiger partial charge in [0.25, 0.3) is 0 Å². The Morgan fingerprint density at radius 2 is 2.06 bits per heavy atom. The number of piperidine rings is 1. The quantitative estimate of drug-likeness (QED) is 0.806. The standard InChI is InChI=1S/C11H13BrF2N2/c12-8-4-11(10(14)5-9(8)13)16-3-1-2-7(15)6-16/h4-5,7H,1-3,6,15H2. The highest BCUT2D eigenvalue weighted by atomic mass is 79.9. The molecule has 0 bridgehead atoms. The van der Waals surface area contributed by atoms with Crippen LogP contribution in [0.25, 0.3) is 0 Å². The summed E-state index contributed by atoms with van der Waals surface area (Å²) in [6, 6.07) is 2.44. The van der Waals surface area contributed by atoms with E-state index in [4.69, 9.17) is 5.73 Å². The van der Waals surface area contributed by atoms with Crippen LogP contribution in [0.1, 0.15) is 12.8 Å². The van der Waals surface area contributed by atoms with Gasteiger partial charge in [0.15, 0.2) is 0 Å². The summed E-state index contributed by atoms with van der Waals surface area (Å²) < 4.78 is 27.0. The fourth-order valence-electron chi connectivity index (χ4n) is 1.98. The Morgan fingerprint density at radius 3 is 2.75 bits per heavy atom. The average Bonchev–Trinajstić information content (AvgIpc) is 2.23. The predicted molar refractivity (Wildman–Crippen MR) is 63.5 cm³/mol. The number of hydrogen-bond donors (Lipinski definition) is 1. The van der Waals surface area contributed by atoms with Gasteiger partial charge in [-0.2, -0.15) is 0 Å². The number of nitrogens with two attached hydrogens (primary N) is 1. The molecular weight excluding hydrogens is 278 g/mol. The Labute approximate surface area is 102 Å². The fourth-order valence-corrected chi connectivity index (χ4v) is 2.31. The fraction of sp³-hybridized carbons (Fsp3) is 0.455. The molecule has 1 heterocycles. The number of nitrogens with zero attached hydrogens (tertiary/aromatic N) is 1. The third-order valence-electron chi connectivity index (χ3n) is 2.79. The lowest BCUT2D eigenvalue weighted by Crippen LogP contribution is -2.43. The van der Waals surface area contributed by atoms with Crippen LogP contribution in [0, 0.1) is 11.6 Å². The van der Waals surface area contributed by atoms with E-state index in [1.165, 1.54) is 6.07 Å². The second-order valence-electron chi connectivity index (χ2n) is 4.07. The Balaban J connectivity index is 2.29. The summed E-state index contributed by atoms with van der Waals surface area (Å²) in [5, 5.41) is 0. The minimum absolute atomic E-state index is 0.0666. The van der Waals surface area contributed by atoms with E-state index >= 15 is 0 Å². The normalized spacial score (nSPS) is 21.2. The van der Waals surface area contributed by atoms with Crippen molar-refractivity contribution in [3.63, 3.8) is 0 Å². The van der Waals surface area contributed by atoms with E-state index in [0.717, 1.165) is 25.5 Å². The van der Waals surface area contributed by atoms with E-state index < -0.39 is 11.6 Å². The van der Waals surface area contributed by atoms with E-state index in [0.29, 0.717) is 12.2 Å². The molecule has 0 aromatic heterocycles. The van der Waals surface area contributed by atoms with Crippen molar-refractivity contribution in [2.75, 3.05) is 18.0 Å². The van der Waals surface area contributed by atoms with E-state index in [1.54, 1.807) is 0 Å². The molecule has 5 heteroatoms. The van der Waals surface area contributed by atoms with E-state index in [2.05, 4.69) is 15.9 Å². The minimum atomic E-state index is -0.581. The number of anilines is 1.